The summed E-state index contributed by atoms with van der Waals surface area (Å²) < 4.78 is 5.38. The van der Waals surface area contributed by atoms with E-state index in [9.17, 15) is 4.79 Å². The third-order valence-electron chi connectivity index (χ3n) is 6.18. The van der Waals surface area contributed by atoms with Gasteiger partial charge in [-0.3, -0.25) is 4.79 Å². The molecule has 1 heterocycles. The fraction of sp³-hybridized carbons (Fsp3) is 0.696. The maximum Gasteiger partial charge on any atom is 0.236 e. The van der Waals surface area contributed by atoms with Crippen molar-refractivity contribution in [2.45, 2.75) is 57.9 Å². The number of rotatable bonds is 9. The number of amides is 1. The summed E-state index contributed by atoms with van der Waals surface area (Å²) in [5.74, 6) is 1.24. The number of nitrogens with zero attached hydrogens (tertiary/aromatic N) is 2. The summed E-state index contributed by atoms with van der Waals surface area (Å²) in [4.78, 5) is 16.8. The third kappa shape index (κ3) is 5.71. The van der Waals surface area contributed by atoms with Crippen molar-refractivity contribution in [1.82, 2.24) is 15.1 Å². The van der Waals surface area contributed by atoms with Crippen LogP contribution in [0.5, 0.6) is 5.75 Å². The van der Waals surface area contributed by atoms with Crippen LogP contribution in [-0.4, -0.2) is 68.1 Å². The van der Waals surface area contributed by atoms with Crippen LogP contribution in [0.2, 0.25) is 0 Å². The van der Waals surface area contributed by atoms with E-state index in [1.54, 1.807) is 7.11 Å². The number of fused-ring (bicyclic) bond motifs is 1. The fourth-order valence-electron chi connectivity index (χ4n) is 4.60. The van der Waals surface area contributed by atoms with Crippen LogP contribution in [0, 0.1) is 0 Å². The van der Waals surface area contributed by atoms with Crippen molar-refractivity contribution in [2.75, 3.05) is 46.4 Å². The molecule has 156 valence electrons. The number of aryl methyl sites for hydroxylation is 1. The number of hydrogen-bond acceptors (Lipinski definition) is 4. The van der Waals surface area contributed by atoms with Gasteiger partial charge in [-0.25, -0.2) is 0 Å². The molecule has 0 spiro atoms. The lowest BCUT2D eigenvalue weighted by Crippen LogP contribution is -2.41. The van der Waals surface area contributed by atoms with Crippen molar-refractivity contribution < 1.29 is 9.53 Å². The summed E-state index contributed by atoms with van der Waals surface area (Å²) in [5.41, 5.74) is 2.95. The van der Waals surface area contributed by atoms with Crippen molar-refractivity contribution in [3.63, 3.8) is 0 Å². The Morgan fingerprint density at radius 1 is 1.25 bits per heavy atom. The monoisotopic (exact) mass is 387 g/mol. The molecule has 28 heavy (non-hydrogen) atoms. The molecular weight excluding hydrogens is 350 g/mol. The lowest BCUT2D eigenvalue weighted by molar-refractivity contribution is -0.129. The van der Waals surface area contributed by atoms with E-state index in [1.807, 2.05) is 0 Å². The summed E-state index contributed by atoms with van der Waals surface area (Å²) in [5, 5.41) is 3.20. The van der Waals surface area contributed by atoms with Crippen LogP contribution in [-0.2, 0) is 17.6 Å². The molecule has 5 nitrogen and oxygen atoms in total. The average molecular weight is 388 g/mol. The first-order chi connectivity index (χ1) is 13.7. The Morgan fingerprint density at radius 2 is 2.14 bits per heavy atom. The number of benzene rings is 1. The number of methoxy groups -OCH3 is 1. The zero-order valence-corrected chi connectivity index (χ0v) is 17.7. The number of hydrogen-bond donors (Lipinski definition) is 1. The van der Waals surface area contributed by atoms with Gasteiger partial charge in [0.25, 0.3) is 0 Å². The predicted molar refractivity (Wildman–Crippen MR) is 114 cm³/mol. The Kier molecular flexibility index (Phi) is 8.16. The molecule has 3 rings (SSSR count). The van der Waals surface area contributed by atoms with Crippen LogP contribution in [0.1, 0.15) is 50.2 Å². The molecule has 0 saturated carbocycles. The maximum atomic E-state index is 12.1. The second kappa shape index (κ2) is 10.8. The largest absolute Gasteiger partial charge is 0.497 e. The Bertz CT molecular complexity index is 634. The predicted octanol–water partition coefficient (Wildman–Crippen LogP) is 2.87. The van der Waals surface area contributed by atoms with Gasteiger partial charge < -0.3 is 19.9 Å². The minimum atomic E-state index is 0.266. The highest BCUT2D eigenvalue weighted by Gasteiger charge is 2.24. The van der Waals surface area contributed by atoms with Gasteiger partial charge in [-0.05, 0) is 87.8 Å². The number of nitrogens with one attached hydrogen (secondary N) is 1. The second-order valence-electron chi connectivity index (χ2n) is 8.19. The SMILES string of the molecule is CCCN(CCCCN1CCCNCC1=O)C1CCc2cc(OC)ccc2C1. The van der Waals surface area contributed by atoms with E-state index in [2.05, 4.69) is 40.2 Å². The number of ether oxygens (including phenoxy) is 1. The van der Waals surface area contributed by atoms with Crippen molar-refractivity contribution in [3.8, 4) is 5.75 Å². The Balaban J connectivity index is 1.48. The van der Waals surface area contributed by atoms with Crippen molar-refractivity contribution in [1.29, 1.82) is 0 Å². The van der Waals surface area contributed by atoms with Crippen LogP contribution in [0.15, 0.2) is 18.2 Å². The third-order valence-corrected chi connectivity index (χ3v) is 6.18. The summed E-state index contributed by atoms with van der Waals surface area (Å²) in [7, 11) is 1.74. The van der Waals surface area contributed by atoms with Crippen LogP contribution in [0.4, 0.5) is 0 Å². The van der Waals surface area contributed by atoms with E-state index in [-0.39, 0.29) is 5.91 Å². The molecule has 1 aromatic carbocycles. The molecule has 0 aromatic heterocycles. The molecule has 1 aliphatic carbocycles. The molecular formula is C23H37N3O2. The molecule has 1 amide bonds. The Hall–Kier alpha value is -1.59. The number of carbonyl (C=O) groups excluding carboxylic acids is 1. The Morgan fingerprint density at radius 3 is 2.96 bits per heavy atom. The summed E-state index contributed by atoms with van der Waals surface area (Å²) in [6, 6.07) is 7.20. The highest BCUT2D eigenvalue weighted by atomic mass is 16.5. The zero-order chi connectivity index (χ0) is 19.8. The first-order valence-corrected chi connectivity index (χ1v) is 11.1. The van der Waals surface area contributed by atoms with Crippen LogP contribution in [0.3, 0.4) is 0 Å². The highest BCUT2D eigenvalue weighted by molar-refractivity contribution is 5.78. The van der Waals surface area contributed by atoms with Gasteiger partial charge in [-0.2, -0.15) is 0 Å². The van der Waals surface area contributed by atoms with Gasteiger partial charge in [0.2, 0.25) is 5.91 Å². The van der Waals surface area contributed by atoms with E-state index < -0.39 is 0 Å². The molecule has 1 aromatic rings. The van der Waals surface area contributed by atoms with E-state index in [4.69, 9.17) is 4.74 Å². The van der Waals surface area contributed by atoms with E-state index in [0.717, 1.165) is 57.6 Å². The lowest BCUT2D eigenvalue weighted by atomic mass is 9.87. The first kappa shape index (κ1) is 21.1. The van der Waals surface area contributed by atoms with Crippen molar-refractivity contribution >= 4 is 5.91 Å². The number of unbranched alkanes of at least 4 members (excludes halogenated alkanes) is 1. The molecule has 1 saturated heterocycles. The van der Waals surface area contributed by atoms with Gasteiger partial charge in [0.15, 0.2) is 0 Å². The molecule has 2 aliphatic rings. The van der Waals surface area contributed by atoms with Gasteiger partial charge >= 0.3 is 0 Å². The molecule has 1 fully saturated rings. The van der Waals surface area contributed by atoms with E-state index in [0.29, 0.717) is 12.6 Å². The molecule has 1 atom stereocenters. The van der Waals surface area contributed by atoms with Gasteiger partial charge in [0.1, 0.15) is 5.75 Å². The number of carbonyl (C=O) groups is 1. The van der Waals surface area contributed by atoms with Crippen molar-refractivity contribution in [3.05, 3.63) is 29.3 Å². The normalized spacial score (nSPS) is 20.2. The minimum absolute atomic E-state index is 0.266. The zero-order valence-electron chi connectivity index (χ0n) is 17.7. The van der Waals surface area contributed by atoms with Crippen molar-refractivity contribution in [2.24, 2.45) is 0 Å². The topological polar surface area (TPSA) is 44.8 Å². The molecule has 0 radical (unpaired) electrons. The molecule has 5 heteroatoms. The van der Waals surface area contributed by atoms with Gasteiger partial charge in [0.05, 0.1) is 13.7 Å². The van der Waals surface area contributed by atoms with E-state index in [1.165, 1.54) is 36.9 Å². The van der Waals surface area contributed by atoms with E-state index >= 15 is 0 Å². The quantitative estimate of drug-likeness (QED) is 0.662. The summed E-state index contributed by atoms with van der Waals surface area (Å²) >= 11 is 0. The fourth-order valence-corrected chi connectivity index (χ4v) is 4.60. The van der Waals surface area contributed by atoms with Gasteiger partial charge in [-0.1, -0.05) is 13.0 Å². The van der Waals surface area contributed by atoms with Gasteiger partial charge in [0, 0.05) is 19.1 Å². The Labute approximate surface area is 170 Å². The summed E-state index contributed by atoms with van der Waals surface area (Å²) in [6.45, 7) is 7.88. The van der Waals surface area contributed by atoms with Crippen LogP contribution >= 0.6 is 0 Å². The second-order valence-corrected chi connectivity index (χ2v) is 8.19. The lowest BCUT2D eigenvalue weighted by Gasteiger charge is -2.35. The maximum absolute atomic E-state index is 12.1. The minimum Gasteiger partial charge on any atom is -0.497 e. The van der Waals surface area contributed by atoms with Gasteiger partial charge in [-0.15, -0.1) is 0 Å². The smallest absolute Gasteiger partial charge is 0.236 e. The molecule has 1 unspecified atom stereocenters. The summed E-state index contributed by atoms with van der Waals surface area (Å²) in [6.07, 6.45) is 8.07. The molecule has 1 N–H and O–H groups in total. The standard InChI is InChI=1S/C23H37N3O2/c1-3-12-25(13-4-5-14-26-15-6-11-24-18-23(26)27)21-9-7-20-17-22(28-2)10-8-19(20)16-21/h8,10,17,21,24H,3-7,9,11-16,18H2,1-2H3. The first-order valence-electron chi connectivity index (χ1n) is 11.1. The molecule has 0 bridgehead atoms. The van der Waals surface area contributed by atoms with Crippen LogP contribution in [0.25, 0.3) is 0 Å². The highest BCUT2D eigenvalue weighted by Crippen LogP contribution is 2.28. The average Bonchev–Trinajstić information content (AvgIpc) is 2.93. The van der Waals surface area contributed by atoms with Crippen LogP contribution < -0.4 is 10.1 Å². The molecule has 1 aliphatic heterocycles.